The van der Waals surface area contributed by atoms with Gasteiger partial charge in [-0.1, -0.05) is 0 Å². The molecule has 8 heteroatoms. The van der Waals surface area contributed by atoms with E-state index in [4.69, 9.17) is 18.9 Å². The Morgan fingerprint density at radius 2 is 1.86 bits per heavy atom. The van der Waals surface area contributed by atoms with E-state index in [2.05, 4.69) is 15.2 Å². The molecule has 0 radical (unpaired) electrons. The number of amides is 1. The molecule has 29 heavy (non-hydrogen) atoms. The molecule has 1 amide bonds. The molecule has 1 N–H and O–H groups in total. The van der Waals surface area contributed by atoms with E-state index in [1.807, 2.05) is 0 Å². The summed E-state index contributed by atoms with van der Waals surface area (Å²) in [5, 5.41) is 2.89. The number of piperidine rings is 1. The number of carbonyl (C=O) groups excluding carboxylic acids is 1. The second kappa shape index (κ2) is 8.26. The average Bonchev–Trinajstić information content (AvgIpc) is 3.22. The second-order valence-electron chi connectivity index (χ2n) is 7.02. The van der Waals surface area contributed by atoms with Crippen molar-refractivity contribution in [3.05, 3.63) is 42.1 Å². The van der Waals surface area contributed by atoms with Crippen LogP contribution in [0.2, 0.25) is 0 Å². The van der Waals surface area contributed by atoms with Gasteiger partial charge in [0, 0.05) is 43.8 Å². The van der Waals surface area contributed by atoms with Crippen LogP contribution in [0.25, 0.3) is 0 Å². The van der Waals surface area contributed by atoms with Crippen molar-refractivity contribution >= 4 is 17.4 Å². The summed E-state index contributed by atoms with van der Waals surface area (Å²) in [6, 6.07) is 8.75. The third-order valence-corrected chi connectivity index (χ3v) is 5.33. The van der Waals surface area contributed by atoms with Gasteiger partial charge in [-0.2, -0.15) is 0 Å². The Balaban J connectivity index is 1.47. The number of hydrogen-bond acceptors (Lipinski definition) is 7. The molecule has 2 fully saturated rings. The molecular weight excluding hydrogens is 374 g/mol. The van der Waals surface area contributed by atoms with Crippen LogP contribution in [-0.2, 0) is 9.47 Å². The van der Waals surface area contributed by atoms with E-state index in [-0.39, 0.29) is 5.91 Å². The molecule has 2 saturated heterocycles. The first-order valence-electron chi connectivity index (χ1n) is 9.65. The normalized spacial score (nSPS) is 17.9. The highest BCUT2D eigenvalue weighted by Crippen LogP contribution is 2.33. The molecule has 1 aromatic heterocycles. The van der Waals surface area contributed by atoms with Crippen molar-refractivity contribution in [1.29, 1.82) is 0 Å². The van der Waals surface area contributed by atoms with Crippen LogP contribution >= 0.6 is 0 Å². The molecule has 2 aliphatic heterocycles. The fourth-order valence-corrected chi connectivity index (χ4v) is 3.70. The van der Waals surface area contributed by atoms with Gasteiger partial charge in [0.05, 0.1) is 33.1 Å². The standard InChI is InChI=1S/C21H25N3O5/c1-26-16-3-4-18(27-2)17(14-16)23-20(25)15-5-8-22-19(13-15)24-9-6-21(7-10-24)28-11-12-29-21/h3-5,8,13-14H,6-7,9-12H2,1-2H3,(H,23,25). The fraction of sp³-hybridized carbons (Fsp3) is 0.429. The highest BCUT2D eigenvalue weighted by Gasteiger charge is 2.40. The zero-order valence-electron chi connectivity index (χ0n) is 16.6. The summed E-state index contributed by atoms with van der Waals surface area (Å²) in [4.78, 5) is 19.4. The average molecular weight is 399 g/mol. The summed E-state index contributed by atoms with van der Waals surface area (Å²) < 4.78 is 22.1. The maximum absolute atomic E-state index is 12.8. The zero-order chi connectivity index (χ0) is 20.3. The Labute approximate surface area is 169 Å². The predicted molar refractivity (Wildman–Crippen MR) is 108 cm³/mol. The number of benzene rings is 1. The first kappa shape index (κ1) is 19.5. The molecule has 0 atom stereocenters. The summed E-state index contributed by atoms with van der Waals surface area (Å²) in [7, 11) is 3.13. The molecule has 0 bridgehead atoms. The molecule has 4 rings (SSSR count). The van der Waals surface area contributed by atoms with Crippen molar-refractivity contribution in [2.24, 2.45) is 0 Å². The highest BCUT2D eigenvalue weighted by molar-refractivity contribution is 6.05. The quantitative estimate of drug-likeness (QED) is 0.828. The summed E-state index contributed by atoms with van der Waals surface area (Å²) in [5.41, 5.74) is 1.07. The fourth-order valence-electron chi connectivity index (χ4n) is 3.70. The van der Waals surface area contributed by atoms with E-state index < -0.39 is 5.79 Å². The van der Waals surface area contributed by atoms with E-state index in [9.17, 15) is 4.79 Å². The van der Waals surface area contributed by atoms with Crippen LogP contribution in [0.15, 0.2) is 36.5 Å². The maximum atomic E-state index is 12.8. The minimum atomic E-state index is -0.436. The lowest BCUT2D eigenvalue weighted by molar-refractivity contribution is -0.169. The van der Waals surface area contributed by atoms with E-state index in [0.29, 0.717) is 36.0 Å². The van der Waals surface area contributed by atoms with Crippen molar-refractivity contribution < 1.29 is 23.7 Å². The van der Waals surface area contributed by atoms with Gasteiger partial charge in [-0.05, 0) is 24.3 Å². The number of carbonyl (C=O) groups is 1. The van der Waals surface area contributed by atoms with Gasteiger partial charge < -0.3 is 29.2 Å². The van der Waals surface area contributed by atoms with E-state index in [1.165, 1.54) is 0 Å². The first-order chi connectivity index (χ1) is 14.1. The SMILES string of the molecule is COc1ccc(OC)c(NC(=O)c2ccnc(N3CCC4(CC3)OCCO4)c2)c1. The van der Waals surface area contributed by atoms with Gasteiger partial charge in [0.1, 0.15) is 17.3 Å². The number of anilines is 2. The molecule has 8 nitrogen and oxygen atoms in total. The first-order valence-corrected chi connectivity index (χ1v) is 9.65. The van der Waals surface area contributed by atoms with Gasteiger partial charge in [0.15, 0.2) is 5.79 Å². The van der Waals surface area contributed by atoms with Gasteiger partial charge in [-0.25, -0.2) is 4.98 Å². The Kier molecular flexibility index (Phi) is 5.55. The van der Waals surface area contributed by atoms with Gasteiger partial charge in [-0.15, -0.1) is 0 Å². The van der Waals surface area contributed by atoms with Crippen LogP contribution in [0.5, 0.6) is 11.5 Å². The minimum Gasteiger partial charge on any atom is -0.497 e. The molecule has 1 aromatic carbocycles. The van der Waals surface area contributed by atoms with Gasteiger partial charge in [0.25, 0.3) is 5.91 Å². The number of aromatic nitrogens is 1. The zero-order valence-corrected chi connectivity index (χ0v) is 16.6. The van der Waals surface area contributed by atoms with Crippen molar-refractivity contribution in [3.8, 4) is 11.5 Å². The van der Waals surface area contributed by atoms with E-state index in [0.717, 1.165) is 31.7 Å². The lowest BCUT2D eigenvalue weighted by Crippen LogP contribution is -2.45. The van der Waals surface area contributed by atoms with Gasteiger partial charge in [0.2, 0.25) is 0 Å². The summed E-state index contributed by atoms with van der Waals surface area (Å²) >= 11 is 0. The maximum Gasteiger partial charge on any atom is 0.255 e. The predicted octanol–water partition coefficient (Wildman–Crippen LogP) is 2.69. The molecule has 1 spiro atoms. The van der Waals surface area contributed by atoms with Crippen LogP contribution in [0, 0.1) is 0 Å². The van der Waals surface area contributed by atoms with E-state index in [1.54, 1.807) is 50.7 Å². The van der Waals surface area contributed by atoms with Crippen LogP contribution in [-0.4, -0.2) is 57.2 Å². The Morgan fingerprint density at radius 1 is 1.10 bits per heavy atom. The van der Waals surface area contributed by atoms with Crippen LogP contribution < -0.4 is 19.7 Å². The lowest BCUT2D eigenvalue weighted by atomic mass is 10.0. The summed E-state index contributed by atoms with van der Waals surface area (Å²) in [6.07, 6.45) is 3.22. The Bertz CT molecular complexity index is 872. The largest absolute Gasteiger partial charge is 0.497 e. The van der Waals surface area contributed by atoms with Crippen LogP contribution in [0.4, 0.5) is 11.5 Å². The molecule has 0 unspecified atom stereocenters. The topological polar surface area (TPSA) is 82.2 Å². The number of methoxy groups -OCH3 is 2. The van der Waals surface area contributed by atoms with E-state index >= 15 is 0 Å². The van der Waals surface area contributed by atoms with Crippen molar-refractivity contribution in [3.63, 3.8) is 0 Å². The number of hydrogen-bond donors (Lipinski definition) is 1. The molecule has 2 aliphatic rings. The molecular formula is C21H25N3O5. The minimum absolute atomic E-state index is 0.240. The van der Waals surface area contributed by atoms with Gasteiger partial charge in [-0.3, -0.25) is 4.79 Å². The second-order valence-corrected chi connectivity index (χ2v) is 7.02. The smallest absolute Gasteiger partial charge is 0.255 e. The number of nitrogens with zero attached hydrogens (tertiary/aromatic N) is 2. The number of nitrogens with one attached hydrogen (secondary N) is 1. The third-order valence-electron chi connectivity index (χ3n) is 5.33. The monoisotopic (exact) mass is 399 g/mol. The van der Waals surface area contributed by atoms with Crippen LogP contribution in [0.3, 0.4) is 0 Å². The van der Waals surface area contributed by atoms with Crippen molar-refractivity contribution in [2.45, 2.75) is 18.6 Å². The van der Waals surface area contributed by atoms with Crippen molar-refractivity contribution in [1.82, 2.24) is 4.98 Å². The molecule has 2 aromatic rings. The highest BCUT2D eigenvalue weighted by atomic mass is 16.7. The van der Waals surface area contributed by atoms with Gasteiger partial charge >= 0.3 is 0 Å². The number of ether oxygens (including phenoxy) is 4. The molecule has 0 aliphatic carbocycles. The lowest BCUT2D eigenvalue weighted by Gasteiger charge is -2.38. The molecule has 0 saturated carbocycles. The molecule has 154 valence electrons. The van der Waals surface area contributed by atoms with Crippen molar-refractivity contribution in [2.75, 3.05) is 50.7 Å². The molecule has 3 heterocycles. The Morgan fingerprint density at radius 3 is 2.55 bits per heavy atom. The summed E-state index contributed by atoms with van der Waals surface area (Å²) in [6.45, 7) is 2.84. The van der Waals surface area contributed by atoms with Crippen LogP contribution in [0.1, 0.15) is 23.2 Å². The third kappa shape index (κ3) is 4.13. The summed E-state index contributed by atoms with van der Waals surface area (Å²) in [5.74, 6) is 1.29. The number of rotatable bonds is 5. The number of pyridine rings is 1. The Hall–Kier alpha value is -2.84.